The van der Waals surface area contributed by atoms with Gasteiger partial charge in [0.25, 0.3) is 0 Å². The summed E-state index contributed by atoms with van der Waals surface area (Å²) in [5, 5.41) is 0. The molecule has 0 bridgehead atoms. The fraction of sp³-hybridized carbons (Fsp3) is 0. The second kappa shape index (κ2) is 13.4. The summed E-state index contributed by atoms with van der Waals surface area (Å²) in [4.78, 5) is 10.1. The third-order valence-electron chi connectivity index (χ3n) is 9.82. The molecule has 4 heteroatoms. The van der Waals surface area contributed by atoms with E-state index in [1.54, 1.807) is 0 Å². The van der Waals surface area contributed by atoms with Gasteiger partial charge in [0.05, 0.1) is 29.3 Å². The first-order valence-electron chi connectivity index (χ1n) is 20.3. The predicted octanol–water partition coefficient (Wildman–Crippen LogP) is 12.7. The van der Waals surface area contributed by atoms with Gasteiger partial charge in [-0.2, -0.15) is 0 Å². The minimum atomic E-state index is -0.424. The van der Waals surface area contributed by atoms with Gasteiger partial charge in [-0.3, -0.25) is 8.97 Å². The lowest BCUT2D eigenvalue weighted by Gasteiger charge is -2.14. The third kappa shape index (κ3) is 5.67. The van der Waals surface area contributed by atoms with Gasteiger partial charge in [-0.1, -0.05) is 139 Å². The second-order valence-corrected chi connectivity index (χ2v) is 13.2. The van der Waals surface area contributed by atoms with Crippen LogP contribution in [0.5, 0.6) is 0 Å². The highest BCUT2D eigenvalue weighted by Crippen LogP contribution is 2.38. The largest absolute Gasteiger partial charge is 0.299 e. The Kier molecular flexibility index (Phi) is 6.54. The minimum Gasteiger partial charge on any atom is -0.299 e. The molecule has 7 aromatic carbocycles. The zero-order valence-corrected chi connectivity index (χ0v) is 29.0. The van der Waals surface area contributed by atoms with E-state index in [0.29, 0.717) is 5.56 Å². The lowest BCUT2D eigenvalue weighted by molar-refractivity contribution is 1.10. The van der Waals surface area contributed by atoms with Crippen LogP contribution >= 0.6 is 0 Å². The number of aromatic nitrogens is 4. The molecule has 0 unspecified atom stereocenters. The summed E-state index contributed by atoms with van der Waals surface area (Å²) in [6, 6.07) is 55.1. The SMILES string of the molecule is [2H]c1c([2H])c([2H])c(-c2cc(-c3ccc(-c4nc5ccccn5c4-c4ccccc4)cc3)cc(-c3cccc(-c4nc5ccccc5n4-c4ccccc4)c3)c2)c([2H])c1[2H]. The maximum Gasteiger partial charge on any atom is 0.145 e. The topological polar surface area (TPSA) is 35.1 Å². The van der Waals surface area contributed by atoms with E-state index < -0.39 is 6.04 Å². The zero-order chi connectivity index (χ0) is 40.2. The van der Waals surface area contributed by atoms with E-state index in [4.69, 9.17) is 16.8 Å². The van der Waals surface area contributed by atoms with E-state index in [1.807, 2.05) is 109 Å². The van der Waals surface area contributed by atoms with Crippen LogP contribution < -0.4 is 0 Å². The van der Waals surface area contributed by atoms with Crippen molar-refractivity contribution >= 4 is 16.7 Å². The van der Waals surface area contributed by atoms with Crippen molar-refractivity contribution in [3.63, 3.8) is 0 Å². The van der Waals surface area contributed by atoms with Crippen molar-refractivity contribution in [1.82, 2.24) is 18.9 Å². The lowest BCUT2D eigenvalue weighted by atomic mass is 9.92. The molecule has 4 nitrogen and oxygen atoms in total. The van der Waals surface area contributed by atoms with Gasteiger partial charge in [0, 0.05) is 28.6 Å². The molecule has 3 aromatic heterocycles. The molecule has 0 aliphatic rings. The first-order valence-corrected chi connectivity index (χ1v) is 17.8. The van der Waals surface area contributed by atoms with Gasteiger partial charge in [-0.25, -0.2) is 9.97 Å². The van der Waals surface area contributed by atoms with Gasteiger partial charge in [0.1, 0.15) is 11.5 Å². The molecule has 0 saturated carbocycles. The van der Waals surface area contributed by atoms with Crippen molar-refractivity contribution < 1.29 is 6.85 Å². The molecule has 254 valence electrons. The number of hydrogen-bond donors (Lipinski definition) is 0. The van der Waals surface area contributed by atoms with Crippen molar-refractivity contribution in [1.29, 1.82) is 0 Å². The first-order chi connectivity index (χ1) is 28.8. The Morgan fingerprint density at radius 3 is 1.83 bits per heavy atom. The Bertz CT molecular complexity index is 3180. The summed E-state index contributed by atoms with van der Waals surface area (Å²) >= 11 is 0. The van der Waals surface area contributed by atoms with Crippen LogP contribution in [0.25, 0.3) is 89.7 Å². The van der Waals surface area contributed by atoms with Gasteiger partial charge in [-0.15, -0.1) is 0 Å². The van der Waals surface area contributed by atoms with Gasteiger partial charge in [0.15, 0.2) is 0 Å². The lowest BCUT2D eigenvalue weighted by Crippen LogP contribution is -1.97. The van der Waals surface area contributed by atoms with Crippen molar-refractivity contribution in [2.45, 2.75) is 0 Å². The van der Waals surface area contributed by atoms with Crippen LogP contribution in [0.1, 0.15) is 6.85 Å². The van der Waals surface area contributed by atoms with Crippen LogP contribution in [-0.2, 0) is 0 Å². The molecule has 0 spiro atoms. The van der Waals surface area contributed by atoms with Crippen LogP contribution in [0.4, 0.5) is 0 Å². The van der Waals surface area contributed by atoms with Gasteiger partial charge >= 0.3 is 0 Å². The molecule has 10 rings (SSSR count). The van der Waals surface area contributed by atoms with Crippen LogP contribution in [0.2, 0.25) is 0 Å². The Hall–Kier alpha value is -7.30. The number of nitrogens with zero attached hydrogens (tertiary/aromatic N) is 4. The molecule has 3 heterocycles. The maximum atomic E-state index is 8.90. The molecule has 0 aliphatic heterocycles. The maximum absolute atomic E-state index is 8.90. The summed E-state index contributed by atoms with van der Waals surface area (Å²) in [5.41, 5.74) is 12.6. The molecule has 54 heavy (non-hydrogen) atoms. The summed E-state index contributed by atoms with van der Waals surface area (Å²) in [7, 11) is 0. The summed E-state index contributed by atoms with van der Waals surface area (Å²) in [6.07, 6.45) is 2.03. The fourth-order valence-corrected chi connectivity index (χ4v) is 7.29. The third-order valence-corrected chi connectivity index (χ3v) is 9.82. The van der Waals surface area contributed by atoms with Gasteiger partial charge in [0.2, 0.25) is 0 Å². The molecule has 10 aromatic rings. The average molecular weight is 696 g/mol. The Labute approximate surface area is 321 Å². The first kappa shape index (κ1) is 26.5. The monoisotopic (exact) mass is 695 g/mol. The van der Waals surface area contributed by atoms with Gasteiger partial charge in [-0.05, 0) is 94.0 Å². The zero-order valence-electron chi connectivity index (χ0n) is 34.0. The smallest absolute Gasteiger partial charge is 0.145 e. The molecule has 0 amide bonds. The molecule has 0 aliphatic carbocycles. The number of benzene rings is 7. The quantitative estimate of drug-likeness (QED) is 0.166. The molecule has 0 radical (unpaired) electrons. The highest BCUT2D eigenvalue weighted by atomic mass is 15.1. The Morgan fingerprint density at radius 2 is 1.04 bits per heavy atom. The van der Waals surface area contributed by atoms with Crippen molar-refractivity contribution in [2.75, 3.05) is 0 Å². The van der Waals surface area contributed by atoms with Crippen LogP contribution in [0.3, 0.4) is 0 Å². The number of imidazole rings is 2. The van der Waals surface area contributed by atoms with Crippen molar-refractivity contribution in [3.8, 4) is 73.0 Å². The summed E-state index contributed by atoms with van der Waals surface area (Å²) in [6.45, 7) is 0. The Balaban J connectivity index is 1.13. The predicted molar refractivity (Wildman–Crippen MR) is 222 cm³/mol. The van der Waals surface area contributed by atoms with Crippen LogP contribution in [0.15, 0.2) is 206 Å². The van der Waals surface area contributed by atoms with E-state index in [-0.39, 0.29) is 29.7 Å². The number of para-hydroxylation sites is 3. The summed E-state index contributed by atoms with van der Waals surface area (Å²) < 4.78 is 47.3. The van der Waals surface area contributed by atoms with Crippen LogP contribution in [-0.4, -0.2) is 18.9 Å². The Morgan fingerprint density at radius 1 is 0.426 bits per heavy atom. The summed E-state index contributed by atoms with van der Waals surface area (Å²) in [5.74, 6) is 0.790. The fourth-order valence-electron chi connectivity index (χ4n) is 7.29. The van der Waals surface area contributed by atoms with E-state index in [1.165, 1.54) is 0 Å². The van der Waals surface area contributed by atoms with Gasteiger partial charge < -0.3 is 0 Å². The van der Waals surface area contributed by atoms with Crippen LogP contribution in [0, 0.1) is 0 Å². The number of rotatable bonds is 7. The molecular weight excluding hydrogens is 657 g/mol. The molecule has 0 N–H and O–H groups in total. The normalized spacial score (nSPS) is 12.6. The number of pyridine rings is 1. The number of fused-ring (bicyclic) bond motifs is 2. The molecule has 0 fully saturated rings. The van der Waals surface area contributed by atoms with E-state index in [2.05, 4.69) is 75.7 Å². The van der Waals surface area contributed by atoms with E-state index >= 15 is 0 Å². The molecular formula is C50H34N4. The second-order valence-electron chi connectivity index (χ2n) is 13.2. The van der Waals surface area contributed by atoms with E-state index in [0.717, 1.165) is 78.5 Å². The molecule has 0 saturated heterocycles. The standard InChI is InChI=1S/C50H34N4/c1-4-15-35(16-5-1)41-32-42(36-26-28-37(29-27-36)48-49(38-17-6-2-7-18-38)53-30-13-12-25-47(53)52-48)34-43(33-41)39-19-14-20-40(31-39)50-51-45-23-10-11-24-46(45)54(50)44-21-8-3-9-22-44/h1-34H/i1D,4D,5D,15D,16D. The number of hydrogen-bond acceptors (Lipinski definition) is 2. The molecule has 0 atom stereocenters. The minimum absolute atomic E-state index is 0.148. The highest BCUT2D eigenvalue weighted by molar-refractivity contribution is 5.87. The highest BCUT2D eigenvalue weighted by Gasteiger charge is 2.18. The average Bonchev–Trinajstić information content (AvgIpc) is 3.88. The van der Waals surface area contributed by atoms with Crippen molar-refractivity contribution in [3.05, 3.63) is 206 Å². The van der Waals surface area contributed by atoms with E-state index in [9.17, 15) is 0 Å². The van der Waals surface area contributed by atoms with Crippen molar-refractivity contribution in [2.24, 2.45) is 0 Å².